The van der Waals surface area contributed by atoms with Crippen LogP contribution in [-0.4, -0.2) is 27.7 Å². The van der Waals surface area contributed by atoms with Gasteiger partial charge < -0.3 is 9.59 Å². The summed E-state index contributed by atoms with van der Waals surface area (Å²) in [5, 5.41) is 0. The van der Waals surface area contributed by atoms with Crippen LogP contribution in [0.4, 0.5) is 0 Å². The zero-order valence-corrected chi connectivity index (χ0v) is 9.14. The SMILES string of the molecule is C[Si](C)O.C[Si](C)O.[Cu]. The fourth-order valence-corrected chi connectivity index (χ4v) is 0. The van der Waals surface area contributed by atoms with E-state index < -0.39 is 18.1 Å². The Balaban J connectivity index is -0.0000000720. The van der Waals surface area contributed by atoms with Crippen molar-refractivity contribution in [3.63, 3.8) is 0 Å². The third-order valence-corrected chi connectivity index (χ3v) is 0. The molecule has 0 bridgehead atoms. The van der Waals surface area contributed by atoms with Gasteiger partial charge >= 0.3 is 0 Å². The maximum absolute atomic E-state index is 8.16. The average Bonchev–Trinajstić information content (AvgIpc) is 1.25. The molecule has 0 rings (SSSR count). The Hall–Kier alpha value is 0.873. The van der Waals surface area contributed by atoms with Gasteiger partial charge in [0.1, 0.15) is 0 Å². The maximum Gasteiger partial charge on any atom is 0.200 e. The molecule has 0 heterocycles. The quantitative estimate of drug-likeness (QED) is 0.575. The molecule has 0 aliphatic rings. The third kappa shape index (κ3) is 550. The van der Waals surface area contributed by atoms with Crippen LogP contribution < -0.4 is 0 Å². The van der Waals surface area contributed by atoms with E-state index in [1.165, 1.54) is 0 Å². The molecule has 0 aromatic rings. The Bertz CT molecular complexity index is 32.0. The van der Waals surface area contributed by atoms with Gasteiger partial charge in [0.15, 0.2) is 18.1 Å². The van der Waals surface area contributed by atoms with Gasteiger partial charge in [-0.15, -0.1) is 0 Å². The minimum absolute atomic E-state index is 0. The van der Waals surface area contributed by atoms with E-state index in [-0.39, 0.29) is 17.1 Å². The Morgan fingerprint density at radius 3 is 0.778 bits per heavy atom. The van der Waals surface area contributed by atoms with Crippen molar-refractivity contribution in [3.8, 4) is 0 Å². The van der Waals surface area contributed by atoms with Crippen molar-refractivity contribution in [2.24, 2.45) is 0 Å². The first-order chi connectivity index (χ1) is 3.46. The molecule has 0 aromatic carbocycles. The van der Waals surface area contributed by atoms with E-state index in [0.717, 1.165) is 0 Å². The van der Waals surface area contributed by atoms with Crippen molar-refractivity contribution in [2.45, 2.75) is 26.2 Å². The van der Waals surface area contributed by atoms with Crippen LogP contribution in [0, 0.1) is 0 Å². The second-order valence-corrected chi connectivity index (χ2v) is 5.68. The summed E-state index contributed by atoms with van der Waals surface area (Å²) >= 11 is 0. The second kappa shape index (κ2) is 11.6. The third-order valence-electron chi connectivity index (χ3n) is 0. The predicted octanol–water partition coefficient (Wildman–Crippen LogP) is 0.457. The van der Waals surface area contributed by atoms with Gasteiger partial charge in [-0.3, -0.25) is 0 Å². The Kier molecular flexibility index (Phi) is 21.3. The van der Waals surface area contributed by atoms with E-state index in [0.29, 0.717) is 0 Å². The Labute approximate surface area is 71.2 Å². The van der Waals surface area contributed by atoms with Gasteiger partial charge in [0, 0.05) is 17.1 Å². The molecule has 9 heavy (non-hydrogen) atoms. The van der Waals surface area contributed by atoms with E-state index >= 15 is 0 Å². The van der Waals surface area contributed by atoms with Gasteiger partial charge in [-0.2, -0.15) is 0 Å². The van der Waals surface area contributed by atoms with Crippen LogP contribution in [0.3, 0.4) is 0 Å². The van der Waals surface area contributed by atoms with Crippen LogP contribution in [0.5, 0.6) is 0 Å². The predicted molar refractivity (Wildman–Crippen MR) is 39.4 cm³/mol. The molecule has 2 nitrogen and oxygen atoms in total. The summed E-state index contributed by atoms with van der Waals surface area (Å²) in [5.74, 6) is 0. The minimum Gasteiger partial charge on any atom is -0.432 e. The van der Waals surface area contributed by atoms with E-state index in [4.69, 9.17) is 9.59 Å². The van der Waals surface area contributed by atoms with Crippen LogP contribution in [0.25, 0.3) is 0 Å². The first kappa shape index (κ1) is 16.5. The molecule has 5 heteroatoms. The van der Waals surface area contributed by atoms with Crippen LogP contribution in [-0.2, 0) is 17.1 Å². The standard InChI is InChI=1S/2C2H7OSi.Cu/c2*1-4(2)3;/h2*3H,1-2H3;. The molecule has 0 aliphatic carbocycles. The monoisotopic (exact) mass is 213 g/mol. The summed E-state index contributed by atoms with van der Waals surface area (Å²) in [5.41, 5.74) is 0. The molecular weight excluding hydrogens is 200 g/mol. The molecule has 0 atom stereocenters. The molecule has 0 saturated carbocycles. The second-order valence-electron chi connectivity index (χ2n) is 1.89. The molecule has 0 aromatic heterocycles. The van der Waals surface area contributed by atoms with Crippen molar-refractivity contribution < 1.29 is 26.7 Å². The summed E-state index contributed by atoms with van der Waals surface area (Å²) in [6.45, 7) is 7.30. The Morgan fingerprint density at radius 2 is 0.778 bits per heavy atom. The van der Waals surface area contributed by atoms with E-state index in [1.54, 1.807) is 0 Å². The van der Waals surface area contributed by atoms with Crippen LogP contribution in [0.1, 0.15) is 0 Å². The number of rotatable bonds is 0. The van der Waals surface area contributed by atoms with E-state index in [9.17, 15) is 0 Å². The minimum atomic E-state index is -0.880. The van der Waals surface area contributed by atoms with Gasteiger partial charge in [0.2, 0.25) is 0 Å². The Morgan fingerprint density at radius 1 is 0.778 bits per heavy atom. The first-order valence-electron chi connectivity index (χ1n) is 2.45. The fourth-order valence-electron chi connectivity index (χ4n) is 0. The summed E-state index contributed by atoms with van der Waals surface area (Å²) < 4.78 is 0. The molecule has 0 fully saturated rings. The molecule has 0 saturated heterocycles. The molecule has 0 aliphatic heterocycles. The summed E-state index contributed by atoms with van der Waals surface area (Å²) in [6, 6.07) is 0. The summed E-state index contributed by atoms with van der Waals surface area (Å²) in [4.78, 5) is 16.3. The van der Waals surface area contributed by atoms with Crippen LogP contribution in [0.2, 0.25) is 26.2 Å². The fraction of sp³-hybridized carbons (Fsp3) is 1.00. The number of hydrogen-bond donors (Lipinski definition) is 2. The average molecular weight is 214 g/mol. The van der Waals surface area contributed by atoms with Crippen LogP contribution >= 0.6 is 0 Å². The van der Waals surface area contributed by atoms with Gasteiger partial charge in [0.05, 0.1) is 0 Å². The molecule has 0 unspecified atom stereocenters. The largest absolute Gasteiger partial charge is 0.432 e. The smallest absolute Gasteiger partial charge is 0.200 e. The number of hydrogen-bond acceptors (Lipinski definition) is 2. The molecule has 0 amide bonds. The molecule has 0 spiro atoms. The van der Waals surface area contributed by atoms with Crippen molar-refractivity contribution in [1.82, 2.24) is 0 Å². The normalized spacial score (nSPS) is 8.00. The van der Waals surface area contributed by atoms with E-state index in [1.807, 2.05) is 26.2 Å². The maximum atomic E-state index is 8.16. The molecule has 3 radical (unpaired) electrons. The zero-order chi connectivity index (χ0) is 7.15. The molecule has 2 N–H and O–H groups in total. The van der Waals surface area contributed by atoms with Crippen molar-refractivity contribution in [2.75, 3.05) is 0 Å². The molecular formula is C4H14CuO2Si2. The summed E-state index contributed by atoms with van der Waals surface area (Å²) in [6.07, 6.45) is 0. The summed E-state index contributed by atoms with van der Waals surface area (Å²) in [7, 11) is -1.76. The van der Waals surface area contributed by atoms with E-state index in [2.05, 4.69) is 0 Å². The van der Waals surface area contributed by atoms with Gasteiger partial charge in [-0.25, -0.2) is 0 Å². The van der Waals surface area contributed by atoms with Gasteiger partial charge in [-0.1, -0.05) is 0 Å². The zero-order valence-electron chi connectivity index (χ0n) is 6.20. The first-order valence-corrected chi connectivity index (χ1v) is 7.34. The van der Waals surface area contributed by atoms with Crippen molar-refractivity contribution >= 4 is 18.1 Å². The van der Waals surface area contributed by atoms with Gasteiger partial charge in [-0.05, 0) is 26.2 Å². The van der Waals surface area contributed by atoms with Crippen LogP contribution in [0.15, 0.2) is 0 Å². The van der Waals surface area contributed by atoms with Gasteiger partial charge in [0.25, 0.3) is 0 Å². The van der Waals surface area contributed by atoms with Crippen molar-refractivity contribution in [1.29, 1.82) is 0 Å². The van der Waals surface area contributed by atoms with Crippen molar-refractivity contribution in [3.05, 3.63) is 0 Å². The molecule has 61 valence electrons. The topological polar surface area (TPSA) is 40.5 Å².